The van der Waals surface area contributed by atoms with Gasteiger partial charge in [-0.15, -0.1) is 12.4 Å². The molecule has 24 heteroatoms. The first-order valence-electron chi connectivity index (χ1n) is 30.6. The number of likely N-dealkylation sites (N-methyl/N-ethyl adjacent to an activating group) is 7. The lowest BCUT2D eigenvalue weighted by Crippen LogP contribution is -2.63. The van der Waals surface area contributed by atoms with Crippen LogP contribution < -0.4 is 21.3 Å². The zero-order valence-corrected chi connectivity index (χ0v) is 57.3. The molecule has 0 aromatic rings. The molecule has 11 amide bonds. The molecule has 1 aliphatic heterocycles. The Labute approximate surface area is 521 Å². The van der Waals surface area contributed by atoms with Gasteiger partial charge in [-0.2, -0.15) is 0 Å². The summed E-state index contributed by atoms with van der Waals surface area (Å²) in [4.78, 5) is 169. The van der Waals surface area contributed by atoms with Gasteiger partial charge in [-0.25, -0.2) is 0 Å². The zero-order chi connectivity index (χ0) is 66.0. The van der Waals surface area contributed by atoms with Crippen LogP contribution in [0.25, 0.3) is 0 Å². The highest BCUT2D eigenvalue weighted by atomic mass is 35.5. The molecule has 1 aliphatic rings. The SMILES string of the molecule is C/C=C/C[C@@H](C)[C@@H](O)[C@H]1C(=O)N[C@@H](CC)C(=O)N(C)CC(=O)N(C)[C@@H](CC(C)C)C(=O)N[C@@H](C(C)C)C(=O)N(C)[C@@H](CC(C)C)C(=O)N[C@@H](C)C(=O)N[C@H](C)C(=O)N(C)[C@@H](CC(C)C)C(=O)N(C)[C@@H](CC(C)C)C(=O)N(C)[C@@H](C(C)C)C(=O)N1C.Cl. The number of hydrogen-bond donors (Lipinski definition) is 5. The fraction of sp³-hybridized carbons (Fsp3) is 0.790. The van der Waals surface area contributed by atoms with Crippen LogP contribution in [0.1, 0.15) is 156 Å². The maximum Gasteiger partial charge on any atom is 0.246 e. The number of halogens is 1. The number of hydrogen-bond acceptors (Lipinski definition) is 12. The van der Waals surface area contributed by atoms with E-state index in [1.807, 2.05) is 61.5 Å². The summed E-state index contributed by atoms with van der Waals surface area (Å²) < 4.78 is 0. The van der Waals surface area contributed by atoms with Crippen molar-refractivity contribution in [2.24, 2.45) is 41.4 Å². The Kier molecular flexibility index (Phi) is 34.0. The lowest BCUT2D eigenvalue weighted by molar-refractivity contribution is -0.157. The van der Waals surface area contributed by atoms with Crippen molar-refractivity contribution in [2.45, 2.75) is 223 Å². The Balaban J connectivity index is 0.0000722. The minimum Gasteiger partial charge on any atom is -0.390 e. The first-order valence-corrected chi connectivity index (χ1v) is 30.6. The van der Waals surface area contributed by atoms with E-state index in [-0.39, 0.29) is 68.2 Å². The second-order valence-corrected chi connectivity index (χ2v) is 26.1. The summed E-state index contributed by atoms with van der Waals surface area (Å²) in [5.74, 6) is -9.71. The van der Waals surface area contributed by atoms with E-state index in [1.54, 1.807) is 54.5 Å². The molecule has 0 saturated carbocycles. The number of rotatable bonds is 15. The predicted octanol–water partition coefficient (Wildman–Crippen LogP) is 3.69. The van der Waals surface area contributed by atoms with Gasteiger partial charge < -0.3 is 60.7 Å². The molecule has 5 N–H and O–H groups in total. The van der Waals surface area contributed by atoms with Gasteiger partial charge in [0.05, 0.1) is 12.6 Å². The van der Waals surface area contributed by atoms with Crippen LogP contribution in [0.15, 0.2) is 12.2 Å². The van der Waals surface area contributed by atoms with E-state index in [9.17, 15) is 48.3 Å². The number of nitrogens with one attached hydrogen (secondary N) is 4. The van der Waals surface area contributed by atoms with E-state index in [0.29, 0.717) is 6.42 Å². The normalized spacial score (nSPS) is 26.6. The van der Waals surface area contributed by atoms with Crippen molar-refractivity contribution >= 4 is 77.4 Å². The third-order valence-electron chi connectivity index (χ3n) is 16.1. The maximum atomic E-state index is 15.1. The third kappa shape index (κ3) is 22.4. The van der Waals surface area contributed by atoms with Crippen molar-refractivity contribution < 1.29 is 57.8 Å². The van der Waals surface area contributed by atoms with Gasteiger partial charge in [0, 0.05) is 49.3 Å². The van der Waals surface area contributed by atoms with Crippen molar-refractivity contribution in [1.29, 1.82) is 0 Å². The number of carbonyl (C=O) groups excluding carboxylic acids is 11. The number of aliphatic hydroxyl groups is 1. The Bertz CT molecular complexity index is 2330. The predicted molar refractivity (Wildman–Crippen MR) is 336 cm³/mol. The minimum absolute atomic E-state index is 0. The van der Waals surface area contributed by atoms with Crippen molar-refractivity contribution in [3.63, 3.8) is 0 Å². The van der Waals surface area contributed by atoms with E-state index in [2.05, 4.69) is 21.3 Å². The van der Waals surface area contributed by atoms with Crippen LogP contribution in [-0.4, -0.2) is 227 Å². The standard InChI is InChI=1S/C62H111N11O12.ClH/c1-25-27-28-40(15)52(75)51-56(79)65-43(26-2)58(81)67(18)33-48(74)68(19)44(29-34(3)4)55(78)66-49(38(11)12)61(84)69(20)45(30-35(5)6)54(77)63-41(16)53(76)64-42(17)57(80)70(21)46(31-36(7)8)59(82)71(22)47(32-37(9)10)60(83)72(23)50(39(13)14)62(85)73(51)24;/h25,27,34-47,49-52,75H,26,28-33H2,1-24H3,(H,63,77)(H,64,76)(H,65,79)(H,66,78);1H/b27-25+;/t40-,41+,42-,43+,44+,45+,46+,47+,49+,50+,51+,52-;/m1./s1. The van der Waals surface area contributed by atoms with Crippen LogP contribution in [0.5, 0.6) is 0 Å². The quantitative estimate of drug-likeness (QED) is 0.147. The Hall–Kier alpha value is -5.84. The summed E-state index contributed by atoms with van der Waals surface area (Å²) in [6, 6.07) is -12.3. The number of nitrogens with zero attached hydrogens (tertiary/aromatic N) is 7. The summed E-state index contributed by atoms with van der Waals surface area (Å²) in [5, 5.41) is 23.1. The molecule has 0 radical (unpaired) electrons. The summed E-state index contributed by atoms with van der Waals surface area (Å²) >= 11 is 0. The first-order chi connectivity index (χ1) is 39.2. The molecule has 0 unspecified atom stereocenters. The van der Waals surface area contributed by atoms with Gasteiger partial charge in [-0.1, -0.05) is 109 Å². The topological polar surface area (TPSA) is 279 Å². The summed E-state index contributed by atoms with van der Waals surface area (Å²) in [6.07, 6.45) is 3.04. The molecular formula is C62H112ClN11O12. The van der Waals surface area contributed by atoms with Gasteiger partial charge in [0.15, 0.2) is 0 Å². The molecular weight excluding hydrogens is 1130 g/mol. The fourth-order valence-corrected chi connectivity index (χ4v) is 10.7. The monoisotopic (exact) mass is 1240 g/mol. The van der Waals surface area contributed by atoms with Crippen LogP contribution in [0.4, 0.5) is 0 Å². The van der Waals surface area contributed by atoms with Crippen LogP contribution in [0, 0.1) is 41.4 Å². The molecule has 0 aromatic heterocycles. The Morgan fingerprint density at radius 2 is 0.872 bits per heavy atom. The molecule has 0 bridgehead atoms. The molecule has 1 rings (SSSR count). The number of amides is 11. The number of aliphatic hydroxyl groups excluding tert-OH is 1. The Morgan fingerprint density at radius 3 is 1.31 bits per heavy atom. The molecule has 86 heavy (non-hydrogen) atoms. The van der Waals surface area contributed by atoms with Crippen LogP contribution in [-0.2, 0) is 52.7 Å². The number of allylic oxidation sites excluding steroid dienone is 2. The summed E-state index contributed by atoms with van der Waals surface area (Å²) in [6.45, 7) is 29.3. The van der Waals surface area contributed by atoms with Crippen LogP contribution >= 0.6 is 12.4 Å². The highest BCUT2D eigenvalue weighted by molar-refractivity contribution is 5.99. The van der Waals surface area contributed by atoms with E-state index in [4.69, 9.17) is 0 Å². The molecule has 0 aliphatic carbocycles. The molecule has 1 heterocycles. The highest BCUT2D eigenvalue weighted by Crippen LogP contribution is 2.26. The molecule has 1 saturated heterocycles. The van der Waals surface area contributed by atoms with Gasteiger partial charge in [0.1, 0.15) is 60.4 Å². The van der Waals surface area contributed by atoms with Crippen molar-refractivity contribution in [3.8, 4) is 0 Å². The van der Waals surface area contributed by atoms with Crippen LogP contribution in [0.3, 0.4) is 0 Å². The lowest BCUT2D eigenvalue weighted by Gasteiger charge is -2.41. The molecule has 0 aromatic carbocycles. The van der Waals surface area contributed by atoms with E-state index >= 15 is 9.59 Å². The maximum absolute atomic E-state index is 15.1. The molecule has 0 spiro atoms. The van der Waals surface area contributed by atoms with Gasteiger partial charge in [0.2, 0.25) is 65.0 Å². The van der Waals surface area contributed by atoms with Crippen LogP contribution in [0.2, 0.25) is 0 Å². The van der Waals surface area contributed by atoms with Gasteiger partial charge in [0.25, 0.3) is 0 Å². The molecule has 494 valence electrons. The van der Waals surface area contributed by atoms with Crippen molar-refractivity contribution in [3.05, 3.63) is 12.2 Å². The number of carbonyl (C=O) groups is 11. The van der Waals surface area contributed by atoms with E-state index in [1.165, 1.54) is 87.7 Å². The highest BCUT2D eigenvalue weighted by Gasteiger charge is 2.45. The van der Waals surface area contributed by atoms with Crippen molar-refractivity contribution in [1.82, 2.24) is 55.6 Å². The van der Waals surface area contributed by atoms with Gasteiger partial charge >= 0.3 is 0 Å². The lowest BCUT2D eigenvalue weighted by atomic mass is 9.91. The van der Waals surface area contributed by atoms with E-state index in [0.717, 1.165) is 9.80 Å². The molecule has 12 atom stereocenters. The summed E-state index contributed by atoms with van der Waals surface area (Å²) in [7, 11) is 9.92. The first kappa shape index (κ1) is 80.2. The second-order valence-electron chi connectivity index (χ2n) is 26.1. The third-order valence-corrected chi connectivity index (χ3v) is 16.1. The zero-order valence-electron chi connectivity index (χ0n) is 56.5. The smallest absolute Gasteiger partial charge is 0.246 e. The van der Waals surface area contributed by atoms with Gasteiger partial charge in [-0.05, 0) is 101 Å². The molecule has 1 fully saturated rings. The Morgan fingerprint density at radius 1 is 0.465 bits per heavy atom. The average molecular weight is 1240 g/mol. The summed E-state index contributed by atoms with van der Waals surface area (Å²) in [5.41, 5.74) is 0. The average Bonchev–Trinajstić information content (AvgIpc) is 3.35. The van der Waals surface area contributed by atoms with E-state index < -0.39 is 156 Å². The van der Waals surface area contributed by atoms with Crippen molar-refractivity contribution in [2.75, 3.05) is 55.9 Å². The molecule has 23 nitrogen and oxygen atoms in total. The largest absolute Gasteiger partial charge is 0.390 e. The fourth-order valence-electron chi connectivity index (χ4n) is 10.7. The second kappa shape index (κ2) is 36.5. The minimum atomic E-state index is -1.61. The van der Waals surface area contributed by atoms with Gasteiger partial charge in [-0.3, -0.25) is 52.7 Å².